The molecule has 1 aliphatic rings. The van der Waals surface area contributed by atoms with Crippen molar-refractivity contribution in [3.05, 3.63) is 132 Å². The second kappa shape index (κ2) is 26.2. The van der Waals surface area contributed by atoms with Crippen molar-refractivity contribution in [3.8, 4) is 0 Å². The number of aryl methyl sites for hydroxylation is 1. The number of nitrogens with zero attached hydrogens (tertiary/aromatic N) is 3. The summed E-state index contributed by atoms with van der Waals surface area (Å²) < 4.78 is 1.66. The third kappa shape index (κ3) is 16.9. The molecule has 0 aliphatic carbocycles. The first-order chi connectivity index (χ1) is 22.4. The molecule has 0 amide bonds. The quantitative estimate of drug-likeness (QED) is 0.105. The van der Waals surface area contributed by atoms with E-state index >= 15 is 0 Å². The maximum atomic E-state index is 12.7. The average Bonchev–Trinajstić information content (AvgIpc) is 3.07. The summed E-state index contributed by atoms with van der Waals surface area (Å²) in [5.74, 6) is 1.85. The summed E-state index contributed by atoms with van der Waals surface area (Å²) >= 11 is 0. The van der Waals surface area contributed by atoms with E-state index < -0.39 is 0 Å². The van der Waals surface area contributed by atoms with Crippen LogP contribution in [0.2, 0.25) is 0 Å². The maximum absolute atomic E-state index is 12.7. The Morgan fingerprint density at radius 3 is 2.46 bits per heavy atom. The molecule has 1 aromatic heterocycles. The first-order valence-electron chi connectivity index (χ1n) is 16.9. The van der Waals surface area contributed by atoms with E-state index in [9.17, 15) is 4.79 Å². The van der Waals surface area contributed by atoms with Gasteiger partial charge in [-0.1, -0.05) is 131 Å². The Bertz CT molecular complexity index is 1310. The Morgan fingerprint density at radius 1 is 1.04 bits per heavy atom. The van der Waals surface area contributed by atoms with Gasteiger partial charge in [-0.2, -0.15) is 0 Å². The van der Waals surface area contributed by atoms with Gasteiger partial charge >= 0.3 is 0 Å². The van der Waals surface area contributed by atoms with E-state index in [1.807, 2.05) is 55.8 Å². The highest BCUT2D eigenvalue weighted by Gasteiger charge is 2.16. The number of benzene rings is 1. The minimum absolute atomic E-state index is 0.0605. The van der Waals surface area contributed by atoms with Crippen LogP contribution in [0.25, 0.3) is 0 Å². The number of aliphatic imine (C=N–C) groups is 1. The first-order valence-corrected chi connectivity index (χ1v) is 16.9. The number of rotatable bonds is 17. The van der Waals surface area contributed by atoms with E-state index in [2.05, 4.69) is 92.0 Å². The molecule has 6 heteroatoms. The van der Waals surface area contributed by atoms with Crippen molar-refractivity contribution in [2.75, 3.05) is 25.5 Å². The van der Waals surface area contributed by atoms with Crippen molar-refractivity contribution in [2.45, 2.75) is 79.2 Å². The zero-order valence-corrected chi connectivity index (χ0v) is 29.1. The first kappa shape index (κ1) is 40.0. The summed E-state index contributed by atoms with van der Waals surface area (Å²) in [7, 11) is 1.98. The fourth-order valence-electron chi connectivity index (χ4n) is 4.69. The molecule has 0 fully saturated rings. The molecular weight excluding hydrogens is 566 g/mol. The molecule has 46 heavy (non-hydrogen) atoms. The van der Waals surface area contributed by atoms with Crippen molar-refractivity contribution < 1.29 is 0 Å². The van der Waals surface area contributed by atoms with Gasteiger partial charge in [-0.05, 0) is 44.7 Å². The van der Waals surface area contributed by atoms with Gasteiger partial charge in [0.15, 0.2) is 0 Å². The smallest absolute Gasteiger partial charge is 0.277 e. The van der Waals surface area contributed by atoms with Crippen LogP contribution in [-0.2, 0) is 19.4 Å². The Labute approximate surface area is 279 Å². The summed E-state index contributed by atoms with van der Waals surface area (Å²) in [6.45, 7) is 18.3. The standard InChI is InChI=1S/C23H27N3O.C13H22N2.C4H10/c1-3-5-6-7-11-16-22-25-19-21(23(27)26(22)18-4-2)24-17-12-15-20-13-9-8-10-14-20;1-4-5-12-6-7-15-10-13(12)8-11(2)9-14-3;1-3-4-2/h3-11,13-14,19,24H,1-2,12,15-18H2;6-8,10,12-14H,4-5,9H2,1-3H3;3-4H2,1-2H3/b6-5-,11-7-;11-8+;. The summed E-state index contributed by atoms with van der Waals surface area (Å²) in [5.41, 5.74) is 3.17. The number of unbranched alkanes of at least 4 members (excludes halogenated alkanes) is 1. The third-order valence-corrected chi connectivity index (χ3v) is 7.26. The van der Waals surface area contributed by atoms with Crippen molar-refractivity contribution in [1.29, 1.82) is 0 Å². The third-order valence-electron chi connectivity index (χ3n) is 7.26. The van der Waals surface area contributed by atoms with Gasteiger partial charge in [0.2, 0.25) is 0 Å². The number of anilines is 1. The highest BCUT2D eigenvalue weighted by molar-refractivity contribution is 5.66. The second-order valence-corrected chi connectivity index (χ2v) is 11.3. The zero-order chi connectivity index (χ0) is 33.8. The van der Waals surface area contributed by atoms with Crippen molar-refractivity contribution >= 4 is 11.9 Å². The van der Waals surface area contributed by atoms with Crippen molar-refractivity contribution in [2.24, 2.45) is 16.8 Å². The van der Waals surface area contributed by atoms with E-state index in [-0.39, 0.29) is 5.56 Å². The lowest BCUT2D eigenvalue weighted by atomic mass is 9.87. The van der Waals surface area contributed by atoms with Crippen LogP contribution >= 0.6 is 0 Å². The number of likely N-dealkylation sites (N-methyl/N-ethyl adjacent to an activating group) is 1. The lowest BCUT2D eigenvalue weighted by Crippen LogP contribution is -2.27. The van der Waals surface area contributed by atoms with Crippen LogP contribution in [-0.4, -0.2) is 35.9 Å². The fraction of sp³-hybridized carbons (Fsp3) is 0.425. The Kier molecular flexibility index (Phi) is 22.8. The highest BCUT2D eigenvalue weighted by atomic mass is 16.1. The normalized spacial score (nSPS) is 15.6. The number of allylic oxidation sites excluding steroid dienone is 8. The predicted molar refractivity (Wildman–Crippen MR) is 202 cm³/mol. The second-order valence-electron chi connectivity index (χ2n) is 11.3. The monoisotopic (exact) mass is 625 g/mol. The van der Waals surface area contributed by atoms with Gasteiger partial charge in [-0.15, -0.1) is 6.58 Å². The minimum atomic E-state index is -0.0605. The van der Waals surface area contributed by atoms with Gasteiger partial charge in [-0.25, -0.2) is 4.98 Å². The largest absolute Gasteiger partial charge is 0.379 e. The molecule has 0 spiro atoms. The topological polar surface area (TPSA) is 71.3 Å². The summed E-state index contributed by atoms with van der Waals surface area (Å²) in [6, 6.07) is 10.3. The number of nitrogens with one attached hydrogen (secondary N) is 2. The molecule has 1 aromatic carbocycles. The number of hydrogen-bond acceptors (Lipinski definition) is 5. The molecule has 2 atom stereocenters. The molecule has 250 valence electrons. The van der Waals surface area contributed by atoms with Crippen LogP contribution < -0.4 is 16.2 Å². The maximum Gasteiger partial charge on any atom is 0.277 e. The molecule has 1 aliphatic heterocycles. The lowest BCUT2D eigenvalue weighted by molar-refractivity contribution is 0.524. The Morgan fingerprint density at radius 2 is 1.80 bits per heavy atom. The summed E-state index contributed by atoms with van der Waals surface area (Å²) in [5, 5.41) is 6.40. The Balaban J connectivity index is 0.000000467. The minimum Gasteiger partial charge on any atom is -0.379 e. The molecule has 3 rings (SSSR count). The number of hydrogen-bond donors (Lipinski definition) is 2. The van der Waals surface area contributed by atoms with Gasteiger partial charge in [0.25, 0.3) is 5.56 Å². The van der Waals surface area contributed by atoms with Gasteiger partial charge in [-0.3, -0.25) is 14.4 Å². The molecule has 2 aromatic rings. The fourth-order valence-corrected chi connectivity index (χ4v) is 4.69. The Hall–Kier alpha value is -4.03. The van der Waals surface area contributed by atoms with Gasteiger partial charge < -0.3 is 10.6 Å². The van der Waals surface area contributed by atoms with Gasteiger partial charge in [0.1, 0.15) is 11.5 Å². The van der Waals surface area contributed by atoms with Crippen molar-refractivity contribution in [1.82, 2.24) is 14.9 Å². The van der Waals surface area contributed by atoms with E-state index in [1.165, 1.54) is 36.8 Å². The van der Waals surface area contributed by atoms with E-state index in [4.69, 9.17) is 0 Å². The van der Waals surface area contributed by atoms with E-state index in [0.717, 1.165) is 31.8 Å². The summed E-state index contributed by atoms with van der Waals surface area (Å²) in [4.78, 5) is 21.4. The van der Waals surface area contributed by atoms with Crippen LogP contribution in [0.3, 0.4) is 0 Å². The molecule has 6 nitrogen and oxygen atoms in total. The molecule has 0 saturated carbocycles. The molecule has 0 radical (unpaired) electrons. The highest BCUT2D eigenvalue weighted by Crippen LogP contribution is 2.23. The predicted octanol–water partition coefficient (Wildman–Crippen LogP) is 8.90. The van der Waals surface area contributed by atoms with Gasteiger partial charge in [0.05, 0.1) is 6.20 Å². The molecule has 2 N–H and O–H groups in total. The molecule has 0 saturated heterocycles. The molecular formula is C40H59N5O. The van der Waals surface area contributed by atoms with Crippen LogP contribution in [0.5, 0.6) is 0 Å². The molecule has 2 unspecified atom stereocenters. The summed E-state index contributed by atoms with van der Waals surface area (Å²) in [6.07, 6.45) is 28.9. The molecule has 0 bridgehead atoms. The average molecular weight is 626 g/mol. The van der Waals surface area contributed by atoms with Gasteiger partial charge in [0, 0.05) is 44.4 Å². The zero-order valence-electron chi connectivity index (χ0n) is 29.1. The van der Waals surface area contributed by atoms with E-state index in [1.54, 1.807) is 22.9 Å². The van der Waals surface area contributed by atoms with Crippen LogP contribution in [0, 0.1) is 11.8 Å². The SMILES string of the molecule is C=C/C=C\C=C/Cc1ncc(NCCCc2ccccc2)c(=O)n1CC=C.CCCC.CCCC1C=CN=CC1/C=C(\C)CNC. The van der Waals surface area contributed by atoms with Crippen LogP contribution in [0.1, 0.15) is 71.2 Å². The molecule has 2 heterocycles. The number of aromatic nitrogens is 2. The van der Waals surface area contributed by atoms with Crippen LogP contribution in [0.15, 0.2) is 120 Å². The van der Waals surface area contributed by atoms with E-state index in [0.29, 0.717) is 30.5 Å². The van der Waals surface area contributed by atoms with Crippen LogP contribution in [0.4, 0.5) is 5.69 Å². The van der Waals surface area contributed by atoms with Crippen molar-refractivity contribution in [3.63, 3.8) is 0 Å². The lowest BCUT2D eigenvalue weighted by Gasteiger charge is -2.20.